The van der Waals surface area contributed by atoms with E-state index < -0.39 is 0 Å². The van der Waals surface area contributed by atoms with Gasteiger partial charge < -0.3 is 4.74 Å². The van der Waals surface area contributed by atoms with Crippen LogP contribution in [0.4, 0.5) is 5.95 Å². The molecule has 0 saturated carbocycles. The van der Waals surface area contributed by atoms with Crippen LogP contribution < -0.4 is 16.0 Å². The summed E-state index contributed by atoms with van der Waals surface area (Å²) >= 11 is 0. The Balaban J connectivity index is 2.30. The second-order valence-corrected chi connectivity index (χ2v) is 4.09. The molecule has 0 aliphatic carbocycles. The zero-order valence-electron chi connectivity index (χ0n) is 10.7. The van der Waals surface area contributed by atoms with Crippen LogP contribution in [0.3, 0.4) is 0 Å². The Hall–Kier alpha value is -1.36. The van der Waals surface area contributed by atoms with Crippen molar-refractivity contribution in [2.24, 2.45) is 5.84 Å². The van der Waals surface area contributed by atoms with Crippen LogP contribution in [0.1, 0.15) is 44.6 Å². The first kappa shape index (κ1) is 13.7. The molecule has 0 amide bonds. The number of aromatic nitrogens is 2. The van der Waals surface area contributed by atoms with Crippen molar-refractivity contribution >= 4 is 5.95 Å². The lowest BCUT2D eigenvalue weighted by molar-refractivity contribution is 0.291. The number of nitrogens with one attached hydrogen (secondary N) is 1. The summed E-state index contributed by atoms with van der Waals surface area (Å²) < 4.78 is 5.61. The van der Waals surface area contributed by atoms with Gasteiger partial charge in [-0.2, -0.15) is 4.98 Å². The number of unbranched alkanes of at least 4 members (excludes halogenated alkanes) is 4. The zero-order valence-corrected chi connectivity index (χ0v) is 10.7. The molecule has 0 radical (unpaired) electrons. The molecule has 96 valence electrons. The monoisotopic (exact) mass is 238 g/mol. The summed E-state index contributed by atoms with van der Waals surface area (Å²) in [5.41, 5.74) is 3.34. The molecule has 1 rings (SSSR count). The third-order valence-electron chi connectivity index (χ3n) is 2.54. The highest BCUT2D eigenvalue weighted by molar-refractivity contribution is 5.31. The van der Waals surface area contributed by atoms with Gasteiger partial charge in [0.15, 0.2) is 0 Å². The maximum Gasteiger partial charge on any atom is 0.240 e. The van der Waals surface area contributed by atoms with E-state index >= 15 is 0 Å². The van der Waals surface area contributed by atoms with Crippen molar-refractivity contribution < 1.29 is 4.74 Å². The van der Waals surface area contributed by atoms with Gasteiger partial charge in [-0.05, 0) is 13.3 Å². The van der Waals surface area contributed by atoms with E-state index in [0.29, 0.717) is 18.4 Å². The van der Waals surface area contributed by atoms with Gasteiger partial charge in [-0.15, -0.1) is 0 Å². The van der Waals surface area contributed by atoms with E-state index in [4.69, 9.17) is 10.6 Å². The normalized spacial score (nSPS) is 10.3. The molecule has 0 aliphatic heterocycles. The average Bonchev–Trinajstić information content (AvgIpc) is 2.35. The van der Waals surface area contributed by atoms with E-state index in [1.54, 1.807) is 6.20 Å². The largest absolute Gasteiger partial charge is 0.477 e. The number of nitrogen functional groups attached to an aromatic ring is 1. The Morgan fingerprint density at radius 1 is 1.29 bits per heavy atom. The summed E-state index contributed by atoms with van der Waals surface area (Å²) in [6.07, 6.45) is 7.81. The number of aryl methyl sites for hydroxylation is 1. The molecule has 0 unspecified atom stereocenters. The van der Waals surface area contributed by atoms with Gasteiger partial charge in [-0.25, -0.2) is 10.8 Å². The van der Waals surface area contributed by atoms with Crippen LogP contribution in [0.5, 0.6) is 5.88 Å². The van der Waals surface area contributed by atoms with E-state index in [-0.39, 0.29) is 0 Å². The summed E-state index contributed by atoms with van der Waals surface area (Å²) in [6.45, 7) is 4.83. The van der Waals surface area contributed by atoms with Crippen molar-refractivity contribution in [2.45, 2.75) is 46.0 Å². The highest BCUT2D eigenvalue weighted by Crippen LogP contribution is 2.15. The lowest BCUT2D eigenvalue weighted by atomic mass is 10.2. The van der Waals surface area contributed by atoms with Gasteiger partial charge in [-0.3, -0.25) is 5.43 Å². The predicted molar refractivity (Wildman–Crippen MR) is 68.8 cm³/mol. The van der Waals surface area contributed by atoms with Crippen LogP contribution in [0, 0.1) is 6.92 Å². The Kier molecular flexibility index (Phi) is 6.32. The van der Waals surface area contributed by atoms with E-state index in [1.807, 2.05) is 6.92 Å². The molecule has 1 aromatic heterocycles. The van der Waals surface area contributed by atoms with Crippen LogP contribution in [-0.2, 0) is 0 Å². The summed E-state index contributed by atoms with van der Waals surface area (Å²) in [6, 6.07) is 0. The molecule has 0 fully saturated rings. The van der Waals surface area contributed by atoms with E-state index in [2.05, 4.69) is 22.3 Å². The third kappa shape index (κ3) is 4.99. The molecule has 3 N–H and O–H groups in total. The van der Waals surface area contributed by atoms with Gasteiger partial charge in [0.2, 0.25) is 11.8 Å². The van der Waals surface area contributed by atoms with E-state index in [1.165, 1.54) is 25.7 Å². The smallest absolute Gasteiger partial charge is 0.240 e. The van der Waals surface area contributed by atoms with Gasteiger partial charge in [-0.1, -0.05) is 32.6 Å². The fourth-order valence-corrected chi connectivity index (χ4v) is 1.52. The molecular weight excluding hydrogens is 216 g/mol. The molecule has 0 aromatic carbocycles. The molecule has 17 heavy (non-hydrogen) atoms. The lowest BCUT2D eigenvalue weighted by Crippen LogP contribution is -2.11. The quantitative estimate of drug-likeness (QED) is 0.413. The number of nitrogens with two attached hydrogens (primary N) is 1. The van der Waals surface area contributed by atoms with E-state index in [9.17, 15) is 0 Å². The molecule has 5 nitrogen and oxygen atoms in total. The molecule has 0 aliphatic rings. The Bertz CT molecular complexity index is 330. The third-order valence-corrected chi connectivity index (χ3v) is 2.54. The molecular formula is C12H22N4O. The van der Waals surface area contributed by atoms with Crippen LogP contribution in [0.15, 0.2) is 6.20 Å². The highest BCUT2D eigenvalue weighted by Gasteiger charge is 2.03. The number of hydrogen-bond donors (Lipinski definition) is 2. The van der Waals surface area contributed by atoms with Crippen LogP contribution in [0.25, 0.3) is 0 Å². The predicted octanol–water partition coefficient (Wildman–Crippen LogP) is 2.42. The number of hydrazine groups is 1. The zero-order chi connectivity index (χ0) is 12.5. The van der Waals surface area contributed by atoms with Crippen molar-refractivity contribution in [1.82, 2.24) is 9.97 Å². The first-order chi connectivity index (χ1) is 8.27. The van der Waals surface area contributed by atoms with Crippen molar-refractivity contribution in [1.29, 1.82) is 0 Å². The SMILES string of the molecule is CCCCCCCOc1nc(NN)ncc1C. The Morgan fingerprint density at radius 2 is 2.06 bits per heavy atom. The van der Waals surface area contributed by atoms with Gasteiger partial charge in [0.1, 0.15) is 0 Å². The fourth-order valence-electron chi connectivity index (χ4n) is 1.52. The maximum absolute atomic E-state index is 5.61. The molecule has 0 saturated heterocycles. The highest BCUT2D eigenvalue weighted by atomic mass is 16.5. The first-order valence-electron chi connectivity index (χ1n) is 6.21. The number of rotatable bonds is 8. The number of anilines is 1. The maximum atomic E-state index is 5.61. The molecule has 5 heteroatoms. The Morgan fingerprint density at radius 3 is 2.76 bits per heavy atom. The van der Waals surface area contributed by atoms with Gasteiger partial charge in [0.05, 0.1) is 6.61 Å². The second-order valence-electron chi connectivity index (χ2n) is 4.09. The molecule has 0 spiro atoms. The summed E-state index contributed by atoms with van der Waals surface area (Å²) in [4.78, 5) is 8.15. The van der Waals surface area contributed by atoms with Crippen LogP contribution in [-0.4, -0.2) is 16.6 Å². The molecule has 1 heterocycles. The summed E-state index contributed by atoms with van der Waals surface area (Å²) in [5.74, 6) is 6.25. The number of nitrogens with zero attached hydrogens (tertiary/aromatic N) is 2. The fraction of sp³-hybridized carbons (Fsp3) is 0.667. The molecule has 1 aromatic rings. The topological polar surface area (TPSA) is 73.1 Å². The number of hydrogen-bond acceptors (Lipinski definition) is 5. The minimum Gasteiger partial charge on any atom is -0.477 e. The first-order valence-corrected chi connectivity index (χ1v) is 6.21. The van der Waals surface area contributed by atoms with Gasteiger partial charge >= 0.3 is 0 Å². The van der Waals surface area contributed by atoms with Crippen molar-refractivity contribution in [3.8, 4) is 5.88 Å². The average molecular weight is 238 g/mol. The minimum absolute atomic E-state index is 0.386. The summed E-state index contributed by atoms with van der Waals surface area (Å²) in [7, 11) is 0. The van der Waals surface area contributed by atoms with Crippen molar-refractivity contribution in [3.05, 3.63) is 11.8 Å². The lowest BCUT2D eigenvalue weighted by Gasteiger charge is -2.08. The molecule has 0 atom stereocenters. The summed E-state index contributed by atoms with van der Waals surface area (Å²) in [5, 5.41) is 0. The molecule has 0 bridgehead atoms. The van der Waals surface area contributed by atoms with Crippen LogP contribution >= 0.6 is 0 Å². The Labute approximate surface area is 103 Å². The minimum atomic E-state index is 0.386. The van der Waals surface area contributed by atoms with Gasteiger partial charge in [0, 0.05) is 11.8 Å². The van der Waals surface area contributed by atoms with E-state index in [0.717, 1.165) is 12.0 Å². The second kappa shape index (κ2) is 7.84. The number of ether oxygens (including phenoxy) is 1. The van der Waals surface area contributed by atoms with Crippen molar-refractivity contribution in [3.63, 3.8) is 0 Å². The van der Waals surface area contributed by atoms with Crippen molar-refractivity contribution in [2.75, 3.05) is 12.0 Å². The standard InChI is InChI=1S/C12H22N4O/c1-3-4-5-6-7-8-17-11-10(2)9-14-12(15-11)16-13/h9H,3-8,13H2,1-2H3,(H,14,15,16). The van der Waals surface area contributed by atoms with Crippen LogP contribution in [0.2, 0.25) is 0 Å². The van der Waals surface area contributed by atoms with Gasteiger partial charge in [0.25, 0.3) is 0 Å².